The molecule has 0 unspecified atom stereocenters. The van der Waals surface area contributed by atoms with Crippen molar-refractivity contribution in [2.75, 3.05) is 13.1 Å². The number of nitrogens with zero attached hydrogens (tertiary/aromatic N) is 3. The monoisotopic (exact) mass is 181 g/mol. The fourth-order valence-corrected chi connectivity index (χ4v) is 1.54. The van der Waals surface area contributed by atoms with Crippen LogP contribution in [0.25, 0.3) is 0 Å². The predicted molar refractivity (Wildman–Crippen MR) is 45.5 cm³/mol. The number of hydrogen-bond acceptors (Lipinski definition) is 2. The maximum atomic E-state index is 10.7. The molecule has 0 atom stereocenters. The van der Waals surface area contributed by atoms with Crippen LogP contribution in [0.15, 0.2) is 12.4 Å². The van der Waals surface area contributed by atoms with E-state index in [0.717, 1.165) is 5.82 Å². The lowest BCUT2D eigenvalue weighted by atomic mass is 10.4. The quantitative estimate of drug-likeness (QED) is 0.631. The molecule has 5 nitrogen and oxygen atoms in total. The summed E-state index contributed by atoms with van der Waals surface area (Å²) in [4.78, 5) is 16.3. The number of hydrogen-bond donors (Lipinski definition) is 1. The summed E-state index contributed by atoms with van der Waals surface area (Å²) in [5, 5.41) is 8.78. The third-order valence-corrected chi connectivity index (χ3v) is 2.29. The zero-order valence-corrected chi connectivity index (χ0v) is 7.18. The molecule has 0 aliphatic carbocycles. The number of rotatable bonds is 0. The van der Waals surface area contributed by atoms with Crippen molar-refractivity contribution in [3.63, 3.8) is 0 Å². The van der Waals surface area contributed by atoms with Crippen LogP contribution in [0.4, 0.5) is 4.79 Å². The van der Waals surface area contributed by atoms with Gasteiger partial charge in [0.1, 0.15) is 5.82 Å². The maximum absolute atomic E-state index is 10.7. The van der Waals surface area contributed by atoms with Crippen molar-refractivity contribution in [1.29, 1.82) is 0 Å². The summed E-state index contributed by atoms with van der Waals surface area (Å²) in [7, 11) is 0. The first-order valence-electron chi connectivity index (χ1n) is 4.25. The first-order chi connectivity index (χ1) is 6.27. The highest BCUT2D eigenvalue weighted by Gasteiger charge is 2.16. The van der Waals surface area contributed by atoms with Gasteiger partial charge in [-0.25, -0.2) is 9.78 Å². The van der Waals surface area contributed by atoms with Gasteiger partial charge in [0, 0.05) is 38.4 Å². The van der Waals surface area contributed by atoms with Gasteiger partial charge in [-0.2, -0.15) is 0 Å². The Morgan fingerprint density at radius 2 is 2.31 bits per heavy atom. The number of fused-ring (bicyclic) bond motifs is 1. The first kappa shape index (κ1) is 8.10. The molecule has 0 saturated carbocycles. The molecular formula is C8H11N3O2. The molecule has 0 fully saturated rings. The molecule has 1 N–H and O–H groups in total. The summed E-state index contributed by atoms with van der Waals surface area (Å²) in [6.07, 6.45) is 3.51. The number of amides is 1. The Kier molecular flexibility index (Phi) is 1.92. The van der Waals surface area contributed by atoms with Crippen LogP contribution in [0.3, 0.4) is 0 Å². The van der Waals surface area contributed by atoms with Gasteiger partial charge in [-0.1, -0.05) is 0 Å². The van der Waals surface area contributed by atoms with Crippen LogP contribution in [0, 0.1) is 0 Å². The Balaban J connectivity index is 2.12. The van der Waals surface area contributed by atoms with Gasteiger partial charge in [-0.15, -0.1) is 0 Å². The van der Waals surface area contributed by atoms with Crippen molar-refractivity contribution in [1.82, 2.24) is 14.5 Å². The minimum Gasteiger partial charge on any atom is -0.465 e. The Morgan fingerprint density at radius 3 is 3.08 bits per heavy atom. The van der Waals surface area contributed by atoms with Crippen molar-refractivity contribution >= 4 is 6.09 Å². The van der Waals surface area contributed by atoms with E-state index in [-0.39, 0.29) is 0 Å². The normalized spacial score (nSPS) is 16.5. The van der Waals surface area contributed by atoms with Crippen LogP contribution in [0.1, 0.15) is 5.82 Å². The van der Waals surface area contributed by atoms with E-state index in [1.54, 1.807) is 6.20 Å². The van der Waals surface area contributed by atoms with E-state index >= 15 is 0 Å². The SMILES string of the molecule is O=C(O)N1CCc2nccn2CC1. The lowest BCUT2D eigenvalue weighted by Crippen LogP contribution is -2.32. The molecule has 70 valence electrons. The van der Waals surface area contributed by atoms with Crippen LogP contribution in [-0.2, 0) is 13.0 Å². The third kappa shape index (κ3) is 1.49. The highest BCUT2D eigenvalue weighted by atomic mass is 16.4. The van der Waals surface area contributed by atoms with Crippen LogP contribution < -0.4 is 0 Å². The minimum absolute atomic E-state index is 0.548. The number of imidazole rings is 1. The smallest absolute Gasteiger partial charge is 0.407 e. The third-order valence-electron chi connectivity index (χ3n) is 2.29. The van der Waals surface area contributed by atoms with Crippen molar-refractivity contribution < 1.29 is 9.90 Å². The molecule has 1 aromatic heterocycles. The average molecular weight is 181 g/mol. The van der Waals surface area contributed by atoms with Gasteiger partial charge in [0.15, 0.2) is 0 Å². The van der Waals surface area contributed by atoms with Gasteiger partial charge < -0.3 is 14.6 Å². The van der Waals surface area contributed by atoms with Crippen molar-refractivity contribution in [3.05, 3.63) is 18.2 Å². The van der Waals surface area contributed by atoms with E-state index in [1.807, 2.05) is 10.8 Å². The van der Waals surface area contributed by atoms with Crippen LogP contribution in [0.2, 0.25) is 0 Å². The highest BCUT2D eigenvalue weighted by Crippen LogP contribution is 2.06. The molecule has 0 aromatic carbocycles. The van der Waals surface area contributed by atoms with E-state index in [2.05, 4.69) is 4.98 Å². The summed E-state index contributed by atoms with van der Waals surface area (Å²) < 4.78 is 2.00. The summed E-state index contributed by atoms with van der Waals surface area (Å²) in [5.41, 5.74) is 0. The van der Waals surface area contributed by atoms with Crippen molar-refractivity contribution in [3.8, 4) is 0 Å². The van der Waals surface area contributed by atoms with E-state index in [4.69, 9.17) is 5.11 Å². The van der Waals surface area contributed by atoms with Gasteiger partial charge in [-0.3, -0.25) is 0 Å². The summed E-state index contributed by atoms with van der Waals surface area (Å²) in [6.45, 7) is 1.81. The molecule has 0 bridgehead atoms. The van der Waals surface area contributed by atoms with Gasteiger partial charge in [0.25, 0.3) is 0 Å². The summed E-state index contributed by atoms with van der Waals surface area (Å²) >= 11 is 0. The van der Waals surface area contributed by atoms with Crippen LogP contribution >= 0.6 is 0 Å². The molecule has 13 heavy (non-hydrogen) atoms. The molecule has 0 radical (unpaired) electrons. The Bertz CT molecular complexity index is 298. The molecule has 2 heterocycles. The van der Waals surface area contributed by atoms with E-state index in [9.17, 15) is 4.79 Å². The molecule has 5 heteroatoms. The highest BCUT2D eigenvalue weighted by molar-refractivity contribution is 5.64. The van der Waals surface area contributed by atoms with E-state index < -0.39 is 6.09 Å². The van der Waals surface area contributed by atoms with Crippen LogP contribution in [0.5, 0.6) is 0 Å². The number of carboxylic acid groups (broad SMARTS) is 1. The second-order valence-corrected chi connectivity index (χ2v) is 3.06. The largest absolute Gasteiger partial charge is 0.465 e. The van der Waals surface area contributed by atoms with Gasteiger partial charge in [-0.05, 0) is 0 Å². The molecule has 0 saturated heterocycles. The fraction of sp³-hybridized carbons (Fsp3) is 0.500. The van der Waals surface area contributed by atoms with Gasteiger partial charge in [0.05, 0.1) is 0 Å². The molecular weight excluding hydrogens is 170 g/mol. The summed E-state index contributed by atoms with van der Waals surface area (Å²) in [5.74, 6) is 0.976. The Hall–Kier alpha value is -1.52. The summed E-state index contributed by atoms with van der Waals surface area (Å²) in [6, 6.07) is 0. The number of carbonyl (C=O) groups is 1. The second kappa shape index (κ2) is 3.08. The lowest BCUT2D eigenvalue weighted by molar-refractivity contribution is 0.146. The lowest BCUT2D eigenvalue weighted by Gasteiger charge is -2.14. The standard InChI is InChI=1S/C8H11N3O2/c12-8(13)11-3-1-7-9-2-4-10(7)5-6-11/h2,4H,1,3,5-6H2,(H,12,13). The minimum atomic E-state index is -0.842. The molecule has 1 aliphatic heterocycles. The molecule has 1 amide bonds. The average Bonchev–Trinajstić information content (AvgIpc) is 2.44. The van der Waals surface area contributed by atoms with Crippen LogP contribution in [-0.4, -0.2) is 38.7 Å². The second-order valence-electron chi connectivity index (χ2n) is 3.06. The van der Waals surface area contributed by atoms with E-state index in [1.165, 1.54) is 4.90 Å². The Labute approximate surface area is 75.6 Å². The van der Waals surface area contributed by atoms with Gasteiger partial charge in [0.2, 0.25) is 0 Å². The predicted octanol–water partition coefficient (Wildman–Crippen LogP) is 0.419. The van der Waals surface area contributed by atoms with E-state index in [0.29, 0.717) is 26.1 Å². The Morgan fingerprint density at radius 1 is 1.46 bits per heavy atom. The van der Waals surface area contributed by atoms with Crippen molar-refractivity contribution in [2.45, 2.75) is 13.0 Å². The molecule has 1 aliphatic rings. The molecule has 1 aromatic rings. The topological polar surface area (TPSA) is 58.4 Å². The molecule has 0 spiro atoms. The van der Waals surface area contributed by atoms with Gasteiger partial charge >= 0.3 is 6.09 Å². The maximum Gasteiger partial charge on any atom is 0.407 e. The zero-order chi connectivity index (χ0) is 9.26. The number of aromatic nitrogens is 2. The first-order valence-corrected chi connectivity index (χ1v) is 4.25. The molecule has 2 rings (SSSR count). The zero-order valence-electron chi connectivity index (χ0n) is 7.18. The van der Waals surface area contributed by atoms with Crippen molar-refractivity contribution in [2.24, 2.45) is 0 Å². The fourth-order valence-electron chi connectivity index (χ4n) is 1.54.